The van der Waals surface area contributed by atoms with Crippen molar-refractivity contribution < 1.29 is 27.5 Å². The number of fused-ring (bicyclic) bond motifs is 2. The van der Waals surface area contributed by atoms with Gasteiger partial charge in [0.15, 0.2) is 6.33 Å². The number of nitrogens with one attached hydrogen (secondary N) is 2. The second kappa shape index (κ2) is 8.66. The standard InChI is InChI=1S/C14H22N8O6S/c23-13(12-2-1-11-6-20(12)14(24)22(11)28-29(25)26)18-27-7-10-3-9(4-15-10)5-21-17-8-16-19-21/h8-12,15H,1-7H2,(H,18,23)(H,25,26)/t9-,10+,11?,12?/m0/s1. The Kier molecular flexibility index (Phi) is 6.00. The highest BCUT2D eigenvalue weighted by Gasteiger charge is 2.48. The number of carbonyl (C=O) groups excluding carboxylic acids is 2. The summed E-state index contributed by atoms with van der Waals surface area (Å²) in [5, 5.41) is 15.7. The lowest BCUT2D eigenvalue weighted by Gasteiger charge is -2.29. The van der Waals surface area contributed by atoms with E-state index in [0.29, 0.717) is 25.3 Å². The number of hydroxylamine groups is 3. The minimum absolute atomic E-state index is 0.0800. The zero-order valence-electron chi connectivity index (χ0n) is 15.4. The van der Waals surface area contributed by atoms with E-state index in [0.717, 1.165) is 18.0 Å². The molecule has 0 aromatic carbocycles. The maximum atomic E-state index is 12.5. The van der Waals surface area contributed by atoms with E-state index in [2.05, 4.69) is 30.5 Å². The Morgan fingerprint density at radius 2 is 2.31 bits per heavy atom. The molecule has 5 atom stereocenters. The molecule has 2 bridgehead atoms. The van der Waals surface area contributed by atoms with Crippen molar-refractivity contribution >= 4 is 23.3 Å². The van der Waals surface area contributed by atoms with Crippen molar-refractivity contribution in [2.45, 2.75) is 43.9 Å². The first-order valence-corrected chi connectivity index (χ1v) is 10.3. The van der Waals surface area contributed by atoms with Crippen molar-refractivity contribution in [1.82, 2.24) is 41.0 Å². The predicted octanol–water partition coefficient (Wildman–Crippen LogP) is -1.96. The first-order valence-electron chi connectivity index (χ1n) is 9.26. The largest absolute Gasteiger partial charge is 0.346 e. The highest BCUT2D eigenvalue weighted by atomic mass is 32.2. The Morgan fingerprint density at radius 3 is 3.07 bits per heavy atom. The zero-order valence-corrected chi connectivity index (χ0v) is 16.2. The number of aromatic nitrogens is 4. The monoisotopic (exact) mass is 430 g/mol. The fourth-order valence-corrected chi connectivity index (χ4v) is 4.35. The minimum Gasteiger partial charge on any atom is -0.311 e. The third-order valence-electron chi connectivity index (χ3n) is 5.35. The summed E-state index contributed by atoms with van der Waals surface area (Å²) in [7, 11) is 0. The van der Waals surface area contributed by atoms with E-state index in [4.69, 9.17) is 9.39 Å². The molecule has 29 heavy (non-hydrogen) atoms. The topological polar surface area (TPSA) is 164 Å². The van der Waals surface area contributed by atoms with Gasteiger partial charge in [-0.2, -0.15) is 14.1 Å². The molecule has 3 aliphatic heterocycles. The summed E-state index contributed by atoms with van der Waals surface area (Å²) in [5.41, 5.74) is 2.42. The summed E-state index contributed by atoms with van der Waals surface area (Å²) in [5.74, 6) is -0.0841. The Balaban J connectivity index is 1.20. The van der Waals surface area contributed by atoms with Crippen LogP contribution >= 0.6 is 0 Å². The zero-order chi connectivity index (χ0) is 20.4. The van der Waals surface area contributed by atoms with Crippen LogP contribution in [-0.2, 0) is 31.8 Å². The minimum atomic E-state index is -2.59. The first kappa shape index (κ1) is 20.1. The van der Waals surface area contributed by atoms with Gasteiger partial charge < -0.3 is 10.2 Å². The van der Waals surface area contributed by atoms with Crippen molar-refractivity contribution in [1.29, 1.82) is 0 Å². The summed E-state index contributed by atoms with van der Waals surface area (Å²) in [6.07, 6.45) is 3.14. The molecular weight excluding hydrogens is 408 g/mol. The summed E-state index contributed by atoms with van der Waals surface area (Å²) in [4.78, 5) is 33.0. The second-order valence-electron chi connectivity index (χ2n) is 7.27. The van der Waals surface area contributed by atoms with E-state index in [1.54, 1.807) is 4.80 Å². The predicted molar refractivity (Wildman–Crippen MR) is 94.4 cm³/mol. The van der Waals surface area contributed by atoms with E-state index in [1.807, 2.05) is 0 Å². The van der Waals surface area contributed by atoms with Gasteiger partial charge in [-0.15, -0.1) is 14.5 Å². The number of tetrazole rings is 1. The number of hydrogen-bond acceptors (Lipinski definition) is 9. The van der Waals surface area contributed by atoms with Crippen LogP contribution in [0.3, 0.4) is 0 Å². The van der Waals surface area contributed by atoms with Gasteiger partial charge in [-0.1, -0.05) is 0 Å². The number of nitrogens with zero attached hydrogens (tertiary/aromatic N) is 6. The molecule has 3 amide bonds. The van der Waals surface area contributed by atoms with Crippen molar-refractivity contribution in [3.63, 3.8) is 0 Å². The number of carbonyl (C=O) groups is 2. The molecule has 1 aromatic rings. The van der Waals surface area contributed by atoms with Gasteiger partial charge in [0.2, 0.25) is 0 Å². The van der Waals surface area contributed by atoms with Gasteiger partial charge in [-0.3, -0.25) is 14.2 Å². The number of amides is 3. The highest BCUT2D eigenvalue weighted by molar-refractivity contribution is 7.74. The van der Waals surface area contributed by atoms with Crippen LogP contribution in [0.4, 0.5) is 4.79 Å². The Labute approximate surface area is 168 Å². The molecular formula is C14H22N8O6S. The fraction of sp³-hybridized carbons (Fsp3) is 0.786. The van der Waals surface area contributed by atoms with Gasteiger partial charge >= 0.3 is 17.4 Å². The summed E-state index contributed by atoms with van der Waals surface area (Å²) in [6.45, 7) is 2.00. The average molecular weight is 430 g/mol. The molecule has 15 heteroatoms. The van der Waals surface area contributed by atoms with Crippen LogP contribution in [0.15, 0.2) is 6.33 Å². The molecule has 160 valence electrons. The molecule has 4 rings (SSSR count). The maximum Gasteiger partial charge on any atom is 0.346 e. The number of rotatable bonds is 8. The maximum absolute atomic E-state index is 12.5. The Hall–Kier alpha value is -2.20. The molecule has 0 spiro atoms. The molecule has 3 saturated heterocycles. The summed E-state index contributed by atoms with van der Waals surface area (Å²) < 4.78 is 24.3. The van der Waals surface area contributed by atoms with Crippen molar-refractivity contribution in [2.75, 3.05) is 19.7 Å². The molecule has 3 N–H and O–H groups in total. The molecule has 0 radical (unpaired) electrons. The lowest BCUT2D eigenvalue weighted by molar-refractivity contribution is -0.139. The van der Waals surface area contributed by atoms with Gasteiger partial charge in [0, 0.05) is 19.1 Å². The van der Waals surface area contributed by atoms with Crippen LogP contribution in [0.25, 0.3) is 0 Å². The van der Waals surface area contributed by atoms with E-state index in [9.17, 15) is 13.8 Å². The SMILES string of the molecule is O=C(NOC[C@H]1C[C@H](Cn2ncnn2)CN1)C1CCC2CN1C(=O)N2OS(=O)O. The second-order valence-corrected chi connectivity index (χ2v) is 7.86. The van der Waals surface area contributed by atoms with Crippen LogP contribution in [0, 0.1) is 5.92 Å². The van der Waals surface area contributed by atoms with E-state index < -0.39 is 29.3 Å². The van der Waals surface area contributed by atoms with E-state index >= 15 is 0 Å². The molecule has 0 saturated carbocycles. The molecule has 3 unspecified atom stereocenters. The van der Waals surface area contributed by atoms with Crippen LogP contribution < -0.4 is 10.8 Å². The van der Waals surface area contributed by atoms with E-state index in [-0.39, 0.29) is 25.2 Å². The highest BCUT2D eigenvalue weighted by Crippen LogP contribution is 2.30. The number of hydrogen-bond donors (Lipinski definition) is 3. The molecule has 3 aliphatic rings. The Morgan fingerprint density at radius 1 is 1.45 bits per heavy atom. The van der Waals surface area contributed by atoms with Crippen LogP contribution in [0.5, 0.6) is 0 Å². The van der Waals surface area contributed by atoms with E-state index in [1.165, 1.54) is 11.2 Å². The molecule has 0 aliphatic carbocycles. The van der Waals surface area contributed by atoms with Crippen molar-refractivity contribution in [2.24, 2.45) is 5.92 Å². The fourth-order valence-electron chi connectivity index (χ4n) is 4.02. The molecule has 14 nitrogen and oxygen atoms in total. The number of urea groups is 1. The van der Waals surface area contributed by atoms with Gasteiger partial charge in [0.05, 0.1) is 19.2 Å². The first-order chi connectivity index (χ1) is 14.0. The lowest BCUT2D eigenvalue weighted by atomic mass is 10.0. The van der Waals surface area contributed by atoms with Gasteiger partial charge in [0.1, 0.15) is 6.04 Å². The lowest BCUT2D eigenvalue weighted by Crippen LogP contribution is -2.50. The number of piperidine rings is 1. The smallest absolute Gasteiger partial charge is 0.311 e. The quantitative estimate of drug-likeness (QED) is 0.311. The summed E-state index contributed by atoms with van der Waals surface area (Å²) >= 11 is -2.59. The third kappa shape index (κ3) is 4.53. The van der Waals surface area contributed by atoms with Gasteiger partial charge in [-0.05, 0) is 30.4 Å². The van der Waals surface area contributed by atoms with Gasteiger partial charge in [-0.25, -0.2) is 10.3 Å². The normalized spacial score (nSPS) is 30.0. The van der Waals surface area contributed by atoms with Crippen molar-refractivity contribution in [3.8, 4) is 0 Å². The molecule has 4 heterocycles. The third-order valence-corrected chi connectivity index (χ3v) is 5.64. The summed E-state index contributed by atoms with van der Waals surface area (Å²) in [6, 6.07) is -1.57. The van der Waals surface area contributed by atoms with Crippen LogP contribution in [0.1, 0.15) is 19.3 Å². The van der Waals surface area contributed by atoms with Gasteiger partial charge in [0.25, 0.3) is 5.91 Å². The van der Waals surface area contributed by atoms with Crippen LogP contribution in [0.2, 0.25) is 0 Å². The van der Waals surface area contributed by atoms with Crippen molar-refractivity contribution in [3.05, 3.63) is 6.33 Å². The molecule has 1 aromatic heterocycles. The molecule has 3 fully saturated rings. The van der Waals surface area contributed by atoms with Crippen LogP contribution in [-0.4, -0.2) is 88.7 Å². The Bertz CT molecular complexity index is 765. The average Bonchev–Trinajstić information content (AvgIpc) is 3.41.